The molecule has 1 fully saturated rings. The van der Waals surface area contributed by atoms with Crippen molar-refractivity contribution in [2.45, 2.75) is 131 Å². The Labute approximate surface area is 507 Å². The van der Waals surface area contributed by atoms with Crippen LogP contribution in [0.4, 0.5) is 11.4 Å². The lowest BCUT2D eigenvalue weighted by atomic mass is 9.78. The molecule has 2 amide bonds. The van der Waals surface area contributed by atoms with Gasteiger partial charge in [-0.3, -0.25) is 42.8 Å². The molecule has 472 valence electrons. The highest BCUT2D eigenvalue weighted by molar-refractivity contribution is 7.44. The molecule has 87 heavy (non-hydrogen) atoms. The Morgan fingerprint density at radius 1 is 0.885 bits per heavy atom. The standard InChI is InChI=1S/C61H79N5O19P2/c1-12-80-57-37(9)53(73)47-46-48(57)60(76)82-27-21-41(79-11)34(6)56(83-38(10)67)36(8)52(72)35(7)55(85-45(71)18-13-14-26-81-44(70)20-19-43(69)62-61(86-77)87-78)32(4)16-15-17-33(5)59(75)64-51(54(47)74)58-50(46)63-49-40(68)28-39(29-42(49)84-58)66-24-22-65(23-25-66)30-31(2)3/h15-17,21,27-29,31-32,34-36,41,52,55-56,61,68,72-73H,12-14,18-20,22-26,30H2,1-11H3,(H,62,69)(H,64,75)/b16-15+,27-21+,33-17-/t32-,34+,35-,36+,41-,52+,55-,56+/m0/s1. The Morgan fingerprint density at radius 3 is 2.22 bits per heavy atom. The van der Waals surface area contributed by atoms with E-state index in [1.54, 1.807) is 52.8 Å². The molecule has 6 rings (SSSR count). The van der Waals surface area contributed by atoms with Gasteiger partial charge in [-0.15, -0.1) is 0 Å². The summed E-state index contributed by atoms with van der Waals surface area (Å²) >= 11 is 0. The maximum atomic E-state index is 15.2. The molecule has 1 aliphatic carbocycles. The second-order valence-corrected chi connectivity index (χ2v) is 24.2. The highest BCUT2D eigenvalue weighted by Crippen LogP contribution is 2.47. The molecule has 0 spiro atoms. The zero-order valence-electron chi connectivity index (χ0n) is 50.9. The van der Waals surface area contributed by atoms with Crippen LogP contribution in [0.1, 0.15) is 110 Å². The number of nitrogens with zero attached hydrogens (tertiary/aromatic N) is 3. The zero-order chi connectivity index (χ0) is 64.0. The summed E-state index contributed by atoms with van der Waals surface area (Å²) in [4.78, 5) is 105. The van der Waals surface area contributed by atoms with E-state index >= 15 is 4.79 Å². The fourth-order valence-corrected chi connectivity index (χ4v) is 11.5. The number of amides is 2. The van der Waals surface area contributed by atoms with Gasteiger partial charge in [0.1, 0.15) is 51.9 Å². The molecule has 0 radical (unpaired) electrons. The molecule has 5 N–H and O–H groups in total. The van der Waals surface area contributed by atoms with Gasteiger partial charge >= 0.3 is 23.9 Å². The van der Waals surface area contributed by atoms with Crippen molar-refractivity contribution < 1.29 is 86.1 Å². The fourth-order valence-electron chi connectivity index (χ4n) is 10.9. The summed E-state index contributed by atoms with van der Waals surface area (Å²) in [6, 6.07) is 3.21. The van der Waals surface area contributed by atoms with Gasteiger partial charge in [-0.25, -0.2) is 9.78 Å². The van der Waals surface area contributed by atoms with Crippen LogP contribution in [0.2, 0.25) is 0 Å². The van der Waals surface area contributed by atoms with Gasteiger partial charge in [-0.2, -0.15) is 0 Å². The number of phenolic OH excluding ortho intramolecular Hbond substituents is 2. The molecule has 8 atom stereocenters. The topological polar surface area (TPSA) is 326 Å². The first-order chi connectivity index (χ1) is 41.3. The van der Waals surface area contributed by atoms with Crippen molar-refractivity contribution in [2.75, 3.05) is 63.3 Å². The van der Waals surface area contributed by atoms with Crippen LogP contribution in [-0.4, -0.2) is 144 Å². The van der Waals surface area contributed by atoms with Gasteiger partial charge in [0.15, 0.2) is 33.8 Å². The molecule has 2 aromatic rings. The van der Waals surface area contributed by atoms with E-state index in [4.69, 9.17) is 37.8 Å². The molecule has 0 unspecified atom stereocenters. The molecule has 4 aliphatic rings. The number of phenols is 2. The molecule has 2 aromatic carbocycles. The van der Waals surface area contributed by atoms with E-state index in [-0.39, 0.29) is 101 Å². The van der Waals surface area contributed by atoms with E-state index in [1.807, 2.05) is 0 Å². The molecule has 3 aliphatic heterocycles. The number of unbranched alkanes of at least 4 members (excludes halogenated alkanes) is 1. The molecule has 3 heterocycles. The number of hydrogen-bond acceptors (Lipinski definition) is 22. The molecular weight excluding hydrogens is 1170 g/mol. The number of methoxy groups -OCH3 is 1. The van der Waals surface area contributed by atoms with Crippen molar-refractivity contribution in [1.82, 2.24) is 15.2 Å². The molecule has 1 saturated heterocycles. The lowest BCUT2D eigenvalue weighted by molar-refractivity contribution is -0.165. The van der Waals surface area contributed by atoms with Gasteiger partial charge in [-0.05, 0) is 45.6 Å². The number of anilines is 2. The highest BCUT2D eigenvalue weighted by atomic mass is 31.1. The van der Waals surface area contributed by atoms with E-state index in [9.17, 15) is 53.2 Å². The number of carbonyl (C=O) groups is 6. The second-order valence-electron chi connectivity index (χ2n) is 22.4. The summed E-state index contributed by atoms with van der Waals surface area (Å²) < 4.78 is 63.4. The van der Waals surface area contributed by atoms with Crippen LogP contribution in [0.25, 0.3) is 33.3 Å². The summed E-state index contributed by atoms with van der Waals surface area (Å²) in [6.45, 7) is 20.4. The predicted molar refractivity (Wildman–Crippen MR) is 323 cm³/mol. The van der Waals surface area contributed by atoms with Gasteiger partial charge in [0.2, 0.25) is 11.3 Å². The van der Waals surface area contributed by atoms with Gasteiger partial charge in [0, 0.05) is 118 Å². The Morgan fingerprint density at radius 2 is 1.57 bits per heavy atom. The SMILES string of the molecule is CCOc1c(C)c(O)c2c(=O)c3c4oc5cc(N6CCN(CC(C)C)CC6)cc(O)c5nc-4c2c1C(=O)O/C=C/[C@H](OC)[C@@H](C)[C@@H](OC(C)=O)[C@H](C)[C@H](O)[C@H](C)[C@@H](OC(=O)CCCCOC(=O)CCC(=O)NC(P=O)P=O)[C@@H](C)/C=C/C=C(/C)C(=O)N3. The van der Waals surface area contributed by atoms with Crippen molar-refractivity contribution in [1.29, 1.82) is 0 Å². The Kier molecular flexibility index (Phi) is 24.9. The van der Waals surface area contributed by atoms with Crippen LogP contribution >= 0.6 is 16.9 Å². The lowest BCUT2D eigenvalue weighted by Gasteiger charge is -2.39. The number of aromatic hydroxyl groups is 2. The number of rotatable bonds is 19. The van der Waals surface area contributed by atoms with Crippen LogP contribution in [-0.2, 0) is 56.8 Å². The summed E-state index contributed by atoms with van der Waals surface area (Å²) in [5.74, 6) is -8.69. The Balaban J connectivity index is 1.43. The number of nitrogens with one attached hydrogen (secondary N) is 2. The van der Waals surface area contributed by atoms with Crippen LogP contribution in [0.15, 0.2) is 57.5 Å². The molecule has 0 aromatic heterocycles. The van der Waals surface area contributed by atoms with Crippen molar-refractivity contribution in [3.63, 3.8) is 0 Å². The summed E-state index contributed by atoms with van der Waals surface area (Å²) in [7, 11) is 0.263. The van der Waals surface area contributed by atoms with Crippen molar-refractivity contribution in [3.05, 3.63) is 69.6 Å². The largest absolute Gasteiger partial charge is 0.507 e. The maximum Gasteiger partial charge on any atom is 0.347 e. The first kappa shape index (κ1) is 68.7. The lowest BCUT2D eigenvalue weighted by Crippen LogP contribution is -2.47. The number of piperazine rings is 1. The highest BCUT2D eigenvalue weighted by Gasteiger charge is 2.41. The predicted octanol–water partition coefficient (Wildman–Crippen LogP) is 8.71. The second kappa shape index (κ2) is 31.5. The van der Waals surface area contributed by atoms with Crippen molar-refractivity contribution in [3.8, 4) is 28.7 Å². The minimum atomic E-state index is -1.33. The average Bonchev–Trinajstić information content (AvgIpc) is 1.18. The van der Waals surface area contributed by atoms with E-state index in [0.717, 1.165) is 25.9 Å². The van der Waals surface area contributed by atoms with Crippen LogP contribution in [0.5, 0.6) is 17.2 Å². The average molecular weight is 1250 g/mol. The molecule has 2 bridgehead atoms. The zero-order valence-corrected chi connectivity index (χ0v) is 52.7. The number of carbonyl (C=O) groups excluding carboxylic acids is 6. The van der Waals surface area contributed by atoms with E-state index < -0.39 is 128 Å². The quantitative estimate of drug-likeness (QED) is 0.0146. The van der Waals surface area contributed by atoms with Gasteiger partial charge < -0.3 is 63.7 Å². The number of hydrogen-bond donors (Lipinski definition) is 5. The van der Waals surface area contributed by atoms with E-state index in [2.05, 4.69) is 34.3 Å². The first-order valence-corrected chi connectivity index (χ1v) is 30.8. The van der Waals surface area contributed by atoms with Gasteiger partial charge in [0.05, 0.1) is 43.5 Å². The molecular formula is C61H79N5O19P2. The third-order valence-corrected chi connectivity index (χ3v) is 16.7. The van der Waals surface area contributed by atoms with Crippen LogP contribution in [0.3, 0.4) is 0 Å². The smallest absolute Gasteiger partial charge is 0.347 e. The minimum absolute atomic E-state index is 0.0218. The molecule has 26 heteroatoms. The number of allylic oxidation sites excluding steroid dienone is 2. The molecule has 24 nitrogen and oxygen atoms in total. The third-order valence-electron chi connectivity index (χ3n) is 15.5. The number of aliphatic hydroxyl groups excluding tert-OH is 1. The van der Waals surface area contributed by atoms with E-state index in [1.165, 1.54) is 46.1 Å². The number of aliphatic hydroxyl groups is 1. The summed E-state index contributed by atoms with van der Waals surface area (Å²) in [6.07, 6.45) is 2.32. The molecule has 0 saturated carbocycles. The summed E-state index contributed by atoms with van der Waals surface area (Å²) in [5.41, 5.74) is -2.58. The number of cyclic esters (lactones) is 1. The van der Waals surface area contributed by atoms with Crippen LogP contribution in [0, 0.1) is 36.5 Å². The van der Waals surface area contributed by atoms with Crippen molar-refractivity contribution in [2.24, 2.45) is 29.6 Å². The monoisotopic (exact) mass is 1250 g/mol. The normalized spacial score (nSPS) is 23.7. The fraction of sp³-hybridized carbons (Fsp3) is 0.541. The maximum absolute atomic E-state index is 15.2. The summed E-state index contributed by atoms with van der Waals surface area (Å²) in [5, 5.41) is 40.2. The number of ether oxygens (including phenoxy) is 6. The Bertz CT molecular complexity index is 3310. The number of fused-ring (bicyclic) bond motifs is 1. The van der Waals surface area contributed by atoms with Crippen molar-refractivity contribution >= 4 is 85.9 Å². The number of aromatic nitrogens is 1. The number of esters is 4. The van der Waals surface area contributed by atoms with Crippen LogP contribution < -0.4 is 25.7 Å². The van der Waals surface area contributed by atoms with Gasteiger partial charge in [-0.1, -0.05) is 59.8 Å². The van der Waals surface area contributed by atoms with Gasteiger partial charge in [0.25, 0.3) is 5.91 Å². The number of benzene rings is 3. The Hall–Kier alpha value is -7.36. The third kappa shape index (κ3) is 17.0. The first-order valence-electron chi connectivity index (χ1n) is 29.0. The van der Waals surface area contributed by atoms with E-state index in [0.29, 0.717) is 24.7 Å². The minimum Gasteiger partial charge on any atom is -0.507 e.